The second-order valence-corrected chi connectivity index (χ2v) is 12.9. The first-order valence-corrected chi connectivity index (χ1v) is 16.7. The summed E-state index contributed by atoms with van der Waals surface area (Å²) in [7, 11) is 0. The van der Waals surface area contributed by atoms with Gasteiger partial charge in [-0.05, 0) is 103 Å². The summed E-state index contributed by atoms with van der Waals surface area (Å²) in [6.07, 6.45) is 0. The van der Waals surface area contributed by atoms with Gasteiger partial charge in [0, 0.05) is 17.1 Å². The molecule has 224 valence electrons. The van der Waals surface area contributed by atoms with E-state index in [2.05, 4.69) is 193 Å². The smallest absolute Gasteiger partial charge is 0.0726 e. The largest absolute Gasteiger partial charge is 0.310 e. The van der Waals surface area contributed by atoms with Crippen molar-refractivity contribution in [2.24, 2.45) is 0 Å². The zero-order valence-corrected chi connectivity index (χ0v) is 26.3. The highest BCUT2D eigenvalue weighted by Gasteiger charge is 2.51. The maximum absolute atomic E-state index is 2.47. The summed E-state index contributed by atoms with van der Waals surface area (Å²) >= 11 is 0. The molecule has 8 aromatic carbocycles. The summed E-state index contributed by atoms with van der Waals surface area (Å²) < 4.78 is 0. The predicted molar refractivity (Wildman–Crippen MR) is 200 cm³/mol. The van der Waals surface area contributed by atoms with Crippen LogP contribution in [0.2, 0.25) is 0 Å². The van der Waals surface area contributed by atoms with E-state index in [4.69, 9.17) is 0 Å². The molecule has 0 N–H and O–H groups in total. The molecular weight excluding hydrogens is 579 g/mol. The van der Waals surface area contributed by atoms with Crippen LogP contribution in [0, 0.1) is 0 Å². The number of anilines is 3. The van der Waals surface area contributed by atoms with Crippen LogP contribution in [0.25, 0.3) is 44.2 Å². The number of fused-ring (bicyclic) bond motifs is 11. The molecule has 1 spiro atoms. The van der Waals surface area contributed by atoms with E-state index in [1.807, 2.05) is 0 Å². The second-order valence-electron chi connectivity index (χ2n) is 12.9. The van der Waals surface area contributed by atoms with Gasteiger partial charge in [0.05, 0.1) is 5.41 Å². The molecule has 0 amide bonds. The van der Waals surface area contributed by atoms with Crippen molar-refractivity contribution in [2.75, 3.05) is 4.90 Å². The number of rotatable bonds is 4. The Bertz CT molecular complexity index is 2460. The summed E-state index contributed by atoms with van der Waals surface area (Å²) in [4.78, 5) is 2.43. The van der Waals surface area contributed by atoms with E-state index in [0.717, 1.165) is 17.1 Å². The molecule has 2 aliphatic rings. The van der Waals surface area contributed by atoms with Crippen LogP contribution < -0.4 is 4.90 Å². The Balaban J connectivity index is 1.25. The minimum absolute atomic E-state index is 0.393. The van der Waals surface area contributed by atoms with Crippen LogP contribution in [-0.2, 0) is 5.41 Å². The van der Waals surface area contributed by atoms with Gasteiger partial charge in [-0.2, -0.15) is 0 Å². The van der Waals surface area contributed by atoms with Gasteiger partial charge in [0.2, 0.25) is 0 Å². The molecule has 0 heterocycles. The quantitative estimate of drug-likeness (QED) is 0.192. The van der Waals surface area contributed by atoms with Crippen molar-refractivity contribution in [3.05, 3.63) is 210 Å². The van der Waals surface area contributed by atoms with Crippen molar-refractivity contribution >= 4 is 27.8 Å². The van der Waals surface area contributed by atoms with E-state index in [1.165, 1.54) is 66.4 Å². The van der Waals surface area contributed by atoms with Gasteiger partial charge in [-0.1, -0.05) is 152 Å². The van der Waals surface area contributed by atoms with Gasteiger partial charge in [-0.3, -0.25) is 0 Å². The van der Waals surface area contributed by atoms with Crippen LogP contribution in [-0.4, -0.2) is 0 Å². The third-order valence-electron chi connectivity index (χ3n) is 10.4. The molecule has 1 nitrogen and oxygen atoms in total. The van der Waals surface area contributed by atoms with Gasteiger partial charge < -0.3 is 4.90 Å². The van der Waals surface area contributed by atoms with Gasteiger partial charge in [0.25, 0.3) is 0 Å². The van der Waals surface area contributed by atoms with Crippen LogP contribution in [0.4, 0.5) is 17.1 Å². The predicted octanol–water partition coefficient (Wildman–Crippen LogP) is 12.3. The zero-order chi connectivity index (χ0) is 31.7. The molecule has 1 heteroatoms. The van der Waals surface area contributed by atoms with Crippen LogP contribution in [0.1, 0.15) is 22.3 Å². The maximum Gasteiger partial charge on any atom is 0.0726 e. The van der Waals surface area contributed by atoms with E-state index in [1.54, 1.807) is 0 Å². The first-order valence-electron chi connectivity index (χ1n) is 16.7. The molecule has 0 aliphatic heterocycles. The highest BCUT2D eigenvalue weighted by atomic mass is 15.1. The maximum atomic E-state index is 2.47. The standard InChI is InChI=1S/C47H31N/c1-2-13-32(14-3-1)35-17-12-18-36(29-35)48(37-26-25-33-15-4-5-16-34(33)30-37)38-27-28-42-41-21-8-11-24-45(41)47(46(42)31-38)43-22-9-6-19-39(43)40-20-7-10-23-44(40)47/h1-31H. The highest BCUT2D eigenvalue weighted by Crippen LogP contribution is 2.63. The van der Waals surface area contributed by atoms with Crippen molar-refractivity contribution in [3.8, 4) is 33.4 Å². The monoisotopic (exact) mass is 609 g/mol. The lowest BCUT2D eigenvalue weighted by atomic mass is 9.70. The van der Waals surface area contributed by atoms with Crippen LogP contribution >= 0.6 is 0 Å². The Morgan fingerprint density at radius 3 is 1.48 bits per heavy atom. The van der Waals surface area contributed by atoms with Crippen molar-refractivity contribution < 1.29 is 0 Å². The van der Waals surface area contributed by atoms with Crippen molar-refractivity contribution in [3.63, 3.8) is 0 Å². The van der Waals surface area contributed by atoms with Crippen LogP contribution in [0.3, 0.4) is 0 Å². The molecule has 48 heavy (non-hydrogen) atoms. The average Bonchev–Trinajstić information content (AvgIpc) is 3.63. The summed E-state index contributed by atoms with van der Waals surface area (Å²) in [6, 6.07) is 69.3. The second kappa shape index (κ2) is 10.4. The average molecular weight is 610 g/mol. The summed E-state index contributed by atoms with van der Waals surface area (Å²) in [5.41, 5.74) is 16.1. The third kappa shape index (κ3) is 3.79. The molecule has 0 fully saturated rings. The Morgan fingerprint density at radius 1 is 0.292 bits per heavy atom. The topological polar surface area (TPSA) is 3.24 Å². The molecule has 0 radical (unpaired) electrons. The lowest BCUT2D eigenvalue weighted by molar-refractivity contribution is 0.793. The summed E-state index contributed by atoms with van der Waals surface area (Å²) in [5, 5.41) is 2.46. The van der Waals surface area contributed by atoms with Crippen LogP contribution in [0.5, 0.6) is 0 Å². The zero-order valence-electron chi connectivity index (χ0n) is 26.3. The van der Waals surface area contributed by atoms with E-state index in [0.29, 0.717) is 0 Å². The molecule has 2 aliphatic carbocycles. The number of benzene rings is 8. The van der Waals surface area contributed by atoms with Gasteiger partial charge in [0.1, 0.15) is 0 Å². The number of nitrogens with zero attached hydrogens (tertiary/aromatic N) is 1. The van der Waals surface area contributed by atoms with Gasteiger partial charge in [-0.25, -0.2) is 0 Å². The summed E-state index contributed by atoms with van der Waals surface area (Å²) in [5.74, 6) is 0. The minimum Gasteiger partial charge on any atom is -0.310 e. The van der Waals surface area contributed by atoms with Crippen molar-refractivity contribution in [1.29, 1.82) is 0 Å². The molecule has 0 saturated heterocycles. The Labute approximate surface area is 281 Å². The third-order valence-corrected chi connectivity index (χ3v) is 10.4. The molecule has 0 saturated carbocycles. The van der Waals surface area contributed by atoms with Gasteiger partial charge >= 0.3 is 0 Å². The SMILES string of the molecule is c1ccc(-c2cccc(N(c3ccc4c(c3)C3(c5ccccc5-c5ccccc53)c3ccccc3-4)c3ccc4ccccc4c3)c2)cc1. The van der Waals surface area contributed by atoms with Gasteiger partial charge in [0.15, 0.2) is 0 Å². The molecule has 8 aromatic rings. The molecule has 0 atom stereocenters. The number of hydrogen-bond donors (Lipinski definition) is 0. The fourth-order valence-corrected chi connectivity index (χ4v) is 8.44. The fourth-order valence-electron chi connectivity index (χ4n) is 8.44. The van der Waals surface area contributed by atoms with E-state index < -0.39 is 5.41 Å². The fraction of sp³-hybridized carbons (Fsp3) is 0.0213. The minimum atomic E-state index is -0.393. The lowest BCUT2D eigenvalue weighted by Crippen LogP contribution is -2.26. The van der Waals surface area contributed by atoms with E-state index >= 15 is 0 Å². The Kier molecular flexibility index (Phi) is 5.86. The molecule has 0 bridgehead atoms. The number of hydrogen-bond acceptors (Lipinski definition) is 1. The molecular formula is C47H31N. The summed E-state index contributed by atoms with van der Waals surface area (Å²) in [6.45, 7) is 0. The van der Waals surface area contributed by atoms with Crippen molar-refractivity contribution in [1.82, 2.24) is 0 Å². The highest BCUT2D eigenvalue weighted by molar-refractivity contribution is 5.97. The first-order chi connectivity index (χ1) is 23.8. The first kappa shape index (κ1) is 27.0. The van der Waals surface area contributed by atoms with E-state index in [-0.39, 0.29) is 0 Å². The van der Waals surface area contributed by atoms with Gasteiger partial charge in [-0.15, -0.1) is 0 Å². The van der Waals surface area contributed by atoms with E-state index in [9.17, 15) is 0 Å². The van der Waals surface area contributed by atoms with Crippen LogP contribution in [0.15, 0.2) is 188 Å². The molecule has 0 unspecified atom stereocenters. The van der Waals surface area contributed by atoms with Crippen molar-refractivity contribution in [2.45, 2.75) is 5.41 Å². The molecule has 10 rings (SSSR count). The molecule has 0 aromatic heterocycles. The lowest BCUT2D eigenvalue weighted by Gasteiger charge is -2.32. The Hall–Kier alpha value is -6.18. The normalized spacial score (nSPS) is 13.2. The Morgan fingerprint density at radius 2 is 0.792 bits per heavy atom.